The fraction of sp³-hybridized carbons (Fsp3) is 0.524. The lowest BCUT2D eigenvalue weighted by Gasteiger charge is -2.14. The molecule has 0 bridgehead atoms. The molecule has 25 heavy (non-hydrogen) atoms. The second kappa shape index (κ2) is 7.77. The summed E-state index contributed by atoms with van der Waals surface area (Å²) in [5.41, 5.74) is 6.44. The van der Waals surface area contributed by atoms with Crippen molar-refractivity contribution in [3.05, 3.63) is 46.1 Å². The average Bonchev–Trinajstić information content (AvgIpc) is 3.13. The van der Waals surface area contributed by atoms with Crippen LogP contribution in [-0.2, 0) is 6.54 Å². The molecule has 3 nitrogen and oxygen atoms in total. The fourth-order valence-electron chi connectivity index (χ4n) is 4.01. The van der Waals surface area contributed by atoms with Gasteiger partial charge in [-0.05, 0) is 68.1 Å². The van der Waals surface area contributed by atoms with Gasteiger partial charge in [0.15, 0.2) is 0 Å². The zero-order chi connectivity index (χ0) is 18.0. The quantitative estimate of drug-likeness (QED) is 0.571. The molecule has 0 atom stereocenters. The number of hydrogen-bond acceptors (Lipinski definition) is 3. The van der Waals surface area contributed by atoms with E-state index in [9.17, 15) is 0 Å². The highest BCUT2D eigenvalue weighted by atomic mass is 32.2. The van der Waals surface area contributed by atoms with Crippen LogP contribution in [0.15, 0.2) is 23.2 Å². The monoisotopic (exact) mass is 357 g/mol. The van der Waals surface area contributed by atoms with E-state index < -0.39 is 0 Å². The van der Waals surface area contributed by atoms with Crippen molar-refractivity contribution < 1.29 is 9.42 Å². The Hall–Kier alpha value is -1.55. The molecule has 0 unspecified atom stereocenters. The summed E-state index contributed by atoms with van der Waals surface area (Å²) in [7, 11) is 1.74. The minimum atomic E-state index is 0.702. The first-order valence-corrected chi connectivity index (χ1v) is 10.4. The van der Waals surface area contributed by atoms with Crippen LogP contribution in [0.5, 0.6) is 5.75 Å². The number of benzene rings is 1. The predicted molar refractivity (Wildman–Crippen MR) is 104 cm³/mol. The number of hydrogen-bond donors (Lipinski definition) is 0. The lowest BCUT2D eigenvalue weighted by Crippen LogP contribution is -2.42. The van der Waals surface area contributed by atoms with E-state index in [2.05, 4.69) is 49.9 Å². The van der Waals surface area contributed by atoms with Crippen molar-refractivity contribution in [1.82, 2.24) is 5.10 Å². The first-order chi connectivity index (χ1) is 12.0. The van der Waals surface area contributed by atoms with Crippen LogP contribution >= 0.6 is 11.8 Å². The van der Waals surface area contributed by atoms with Crippen LogP contribution in [0.4, 0.5) is 0 Å². The van der Waals surface area contributed by atoms with Gasteiger partial charge >= 0.3 is 0 Å². The first-order valence-electron chi connectivity index (χ1n) is 9.13. The Bertz CT molecular complexity index is 767. The molecule has 0 amide bonds. The molecule has 4 heteroatoms. The number of rotatable bonds is 5. The molecule has 0 saturated heterocycles. The Morgan fingerprint density at radius 2 is 1.92 bits per heavy atom. The summed E-state index contributed by atoms with van der Waals surface area (Å²) in [5.74, 6) is 1.65. The summed E-state index contributed by atoms with van der Waals surface area (Å²) in [6, 6.07) is 6.57. The van der Waals surface area contributed by atoms with Gasteiger partial charge in [-0.15, -0.1) is 0 Å². The Balaban J connectivity index is 1.99. The molecular formula is C21H29N2OS+. The van der Waals surface area contributed by atoms with Gasteiger partial charge in [-0.3, -0.25) is 0 Å². The maximum atomic E-state index is 5.51. The molecule has 1 saturated carbocycles. The topological polar surface area (TPSA) is 26.0 Å². The lowest BCUT2D eigenvalue weighted by atomic mass is 9.97. The van der Waals surface area contributed by atoms with E-state index in [1.54, 1.807) is 18.9 Å². The number of thioether (sulfide) groups is 1. The Morgan fingerprint density at radius 1 is 1.20 bits per heavy atom. The number of ether oxygens (including phenoxy) is 1. The summed E-state index contributed by atoms with van der Waals surface area (Å²) >= 11 is 1.79. The van der Waals surface area contributed by atoms with Gasteiger partial charge in [-0.25, -0.2) is 0 Å². The third kappa shape index (κ3) is 3.69. The molecule has 1 heterocycles. The summed E-state index contributed by atoms with van der Waals surface area (Å²) in [6.07, 6.45) is 7.49. The summed E-state index contributed by atoms with van der Waals surface area (Å²) in [4.78, 5) is 0. The molecule has 0 spiro atoms. The Kier molecular flexibility index (Phi) is 5.67. The van der Waals surface area contributed by atoms with E-state index in [1.165, 1.54) is 58.7 Å². The van der Waals surface area contributed by atoms with E-state index in [0.29, 0.717) is 5.92 Å². The molecule has 0 aliphatic heterocycles. The highest BCUT2D eigenvalue weighted by Crippen LogP contribution is 2.36. The van der Waals surface area contributed by atoms with Gasteiger partial charge in [0.25, 0.3) is 5.03 Å². The summed E-state index contributed by atoms with van der Waals surface area (Å²) in [5, 5.41) is 6.22. The van der Waals surface area contributed by atoms with Crippen LogP contribution in [0.2, 0.25) is 0 Å². The largest absolute Gasteiger partial charge is 0.496 e. The van der Waals surface area contributed by atoms with Crippen molar-refractivity contribution in [3.8, 4) is 5.75 Å². The predicted octanol–water partition coefficient (Wildman–Crippen LogP) is 4.73. The standard InChI is InChI=1S/C21H29N2OS/c1-14-10-11-20(24-4)15(2)19(14)13-23-21(25-5)12-18(16(3)22-23)17-8-6-7-9-17/h10-12,17H,6-9,13H2,1-5H3/q+1. The number of aryl methyl sites for hydroxylation is 2. The fourth-order valence-corrected chi connectivity index (χ4v) is 4.57. The summed E-state index contributed by atoms with van der Waals surface area (Å²) in [6.45, 7) is 7.26. The first kappa shape index (κ1) is 18.2. The van der Waals surface area contributed by atoms with Crippen molar-refractivity contribution >= 4 is 11.8 Å². The highest BCUT2D eigenvalue weighted by molar-refractivity contribution is 7.98. The minimum Gasteiger partial charge on any atom is -0.496 e. The molecule has 134 valence electrons. The molecule has 0 N–H and O–H groups in total. The number of aromatic nitrogens is 2. The molecule has 1 aliphatic carbocycles. The highest BCUT2D eigenvalue weighted by Gasteiger charge is 2.25. The number of nitrogens with zero attached hydrogens (tertiary/aromatic N) is 2. The smallest absolute Gasteiger partial charge is 0.266 e. The van der Waals surface area contributed by atoms with Crippen LogP contribution < -0.4 is 9.42 Å². The van der Waals surface area contributed by atoms with Gasteiger partial charge in [0.05, 0.1) is 7.11 Å². The second-order valence-electron chi connectivity index (χ2n) is 7.05. The van der Waals surface area contributed by atoms with Crippen molar-refractivity contribution in [2.45, 2.75) is 63.9 Å². The van der Waals surface area contributed by atoms with Crippen molar-refractivity contribution in [1.29, 1.82) is 0 Å². The Morgan fingerprint density at radius 3 is 2.56 bits per heavy atom. The lowest BCUT2D eigenvalue weighted by molar-refractivity contribution is -0.780. The Labute approximate surface area is 155 Å². The third-order valence-electron chi connectivity index (χ3n) is 5.54. The third-order valence-corrected chi connectivity index (χ3v) is 6.28. The van der Waals surface area contributed by atoms with Crippen LogP contribution in [0.3, 0.4) is 0 Å². The van der Waals surface area contributed by atoms with Gasteiger partial charge in [-0.2, -0.15) is 0 Å². The molecule has 1 aliphatic rings. The summed E-state index contributed by atoms with van der Waals surface area (Å²) < 4.78 is 7.67. The van der Waals surface area contributed by atoms with E-state index in [0.717, 1.165) is 12.3 Å². The van der Waals surface area contributed by atoms with E-state index >= 15 is 0 Å². The average molecular weight is 358 g/mol. The van der Waals surface area contributed by atoms with Gasteiger partial charge in [0.1, 0.15) is 11.4 Å². The van der Waals surface area contributed by atoms with E-state index in [-0.39, 0.29) is 0 Å². The molecule has 2 aromatic rings. The zero-order valence-electron chi connectivity index (χ0n) is 16.1. The van der Waals surface area contributed by atoms with Gasteiger partial charge < -0.3 is 4.74 Å². The zero-order valence-corrected chi connectivity index (χ0v) is 16.9. The van der Waals surface area contributed by atoms with Crippen LogP contribution in [-0.4, -0.2) is 18.5 Å². The van der Waals surface area contributed by atoms with Crippen LogP contribution in [0.25, 0.3) is 0 Å². The number of methoxy groups -OCH3 is 1. The molecule has 1 fully saturated rings. The van der Waals surface area contributed by atoms with Crippen molar-refractivity contribution in [3.63, 3.8) is 0 Å². The second-order valence-corrected chi connectivity index (χ2v) is 7.88. The maximum Gasteiger partial charge on any atom is 0.266 e. The van der Waals surface area contributed by atoms with Gasteiger partial charge in [-0.1, -0.05) is 35.4 Å². The molecule has 3 rings (SSSR count). The van der Waals surface area contributed by atoms with Gasteiger partial charge in [0, 0.05) is 17.2 Å². The SMILES string of the molecule is COc1ccc(C)c(C[n+]2nc(C)c(C3CCCC3)cc2SC)c1C. The minimum absolute atomic E-state index is 0.702. The van der Waals surface area contributed by atoms with Gasteiger partial charge in [0.2, 0.25) is 6.54 Å². The van der Waals surface area contributed by atoms with Crippen LogP contribution in [0.1, 0.15) is 59.5 Å². The maximum absolute atomic E-state index is 5.51. The molecule has 0 radical (unpaired) electrons. The van der Waals surface area contributed by atoms with Crippen LogP contribution in [0, 0.1) is 20.8 Å². The normalized spacial score (nSPS) is 14.9. The molecule has 1 aromatic carbocycles. The molecular weight excluding hydrogens is 328 g/mol. The van der Waals surface area contributed by atoms with Crippen molar-refractivity contribution in [2.24, 2.45) is 0 Å². The van der Waals surface area contributed by atoms with E-state index in [4.69, 9.17) is 9.84 Å². The van der Waals surface area contributed by atoms with Crippen molar-refractivity contribution in [2.75, 3.05) is 13.4 Å². The van der Waals surface area contributed by atoms with E-state index in [1.807, 2.05) is 0 Å². The molecule has 1 aromatic heterocycles.